The van der Waals surface area contributed by atoms with Crippen LogP contribution in [0.5, 0.6) is 0 Å². The molecule has 0 saturated carbocycles. The van der Waals surface area contributed by atoms with Crippen LogP contribution in [-0.2, 0) is 16.6 Å². The summed E-state index contributed by atoms with van der Waals surface area (Å²) in [6, 6.07) is 3.33. The van der Waals surface area contributed by atoms with Gasteiger partial charge in [0.2, 0.25) is 0 Å². The van der Waals surface area contributed by atoms with E-state index < -0.39 is 10.0 Å². The Morgan fingerprint density at radius 2 is 2.00 bits per heavy atom. The minimum Gasteiger partial charge on any atom is -0.313 e. The Balaban J connectivity index is 2.86. The third-order valence-corrected chi connectivity index (χ3v) is 5.08. The summed E-state index contributed by atoms with van der Waals surface area (Å²) in [5, 5.41) is 3.38. The highest BCUT2D eigenvalue weighted by atomic mass is 32.2. The Labute approximate surface area is 122 Å². The first-order valence-corrected chi connectivity index (χ1v) is 8.55. The standard InChI is InChI=1S/C14H25N3O2S/c1-5-9-15-10-13-7-8-14(16-11-13)20(18,19)17(6-2)12(3)4/h7-8,11-12,15H,5-6,9-10H2,1-4H3. The van der Waals surface area contributed by atoms with Gasteiger partial charge >= 0.3 is 0 Å². The van der Waals surface area contributed by atoms with Crippen LogP contribution in [0.25, 0.3) is 0 Å². The fourth-order valence-corrected chi connectivity index (χ4v) is 3.57. The van der Waals surface area contributed by atoms with Crippen molar-refractivity contribution in [2.75, 3.05) is 13.1 Å². The molecule has 0 aliphatic heterocycles. The maximum Gasteiger partial charge on any atom is 0.260 e. The molecule has 1 rings (SSSR count). The van der Waals surface area contributed by atoms with Crippen LogP contribution in [0.2, 0.25) is 0 Å². The normalized spacial score (nSPS) is 12.3. The summed E-state index contributed by atoms with van der Waals surface area (Å²) in [4.78, 5) is 4.11. The van der Waals surface area contributed by atoms with E-state index in [1.807, 2.05) is 26.8 Å². The molecule has 0 aliphatic rings. The number of rotatable bonds is 8. The monoisotopic (exact) mass is 299 g/mol. The third-order valence-electron chi connectivity index (χ3n) is 3.01. The van der Waals surface area contributed by atoms with Crippen molar-refractivity contribution in [2.45, 2.75) is 51.7 Å². The summed E-state index contributed by atoms with van der Waals surface area (Å²) in [7, 11) is -3.49. The van der Waals surface area contributed by atoms with Gasteiger partial charge < -0.3 is 5.32 Å². The largest absolute Gasteiger partial charge is 0.313 e. The molecule has 0 radical (unpaired) electrons. The lowest BCUT2D eigenvalue weighted by atomic mass is 10.3. The van der Waals surface area contributed by atoms with Crippen LogP contribution in [0, 0.1) is 0 Å². The molecule has 0 fully saturated rings. The molecule has 6 heteroatoms. The molecule has 0 saturated heterocycles. The van der Waals surface area contributed by atoms with Crippen molar-refractivity contribution < 1.29 is 8.42 Å². The van der Waals surface area contributed by atoms with Crippen molar-refractivity contribution in [3.8, 4) is 0 Å². The molecule has 1 N–H and O–H groups in total. The van der Waals surface area contributed by atoms with E-state index in [4.69, 9.17) is 0 Å². The average molecular weight is 299 g/mol. The quantitative estimate of drug-likeness (QED) is 0.746. The first kappa shape index (κ1) is 17.1. The SMILES string of the molecule is CCCNCc1ccc(S(=O)(=O)N(CC)C(C)C)nc1. The van der Waals surface area contributed by atoms with E-state index in [0.717, 1.165) is 18.5 Å². The topological polar surface area (TPSA) is 62.3 Å². The van der Waals surface area contributed by atoms with Gasteiger partial charge in [-0.05, 0) is 38.4 Å². The van der Waals surface area contributed by atoms with E-state index >= 15 is 0 Å². The van der Waals surface area contributed by atoms with E-state index in [0.29, 0.717) is 13.1 Å². The van der Waals surface area contributed by atoms with Gasteiger partial charge in [0.15, 0.2) is 5.03 Å². The van der Waals surface area contributed by atoms with Crippen molar-refractivity contribution in [1.82, 2.24) is 14.6 Å². The molecule has 1 aromatic heterocycles. The van der Waals surface area contributed by atoms with Gasteiger partial charge in [-0.25, -0.2) is 13.4 Å². The molecule has 1 aromatic rings. The zero-order chi connectivity index (χ0) is 15.2. The van der Waals surface area contributed by atoms with Crippen LogP contribution < -0.4 is 5.32 Å². The van der Waals surface area contributed by atoms with Gasteiger partial charge in [-0.2, -0.15) is 4.31 Å². The highest BCUT2D eigenvalue weighted by molar-refractivity contribution is 7.89. The number of pyridine rings is 1. The second-order valence-corrected chi connectivity index (χ2v) is 6.82. The van der Waals surface area contributed by atoms with Gasteiger partial charge in [0.1, 0.15) is 0 Å². The summed E-state index contributed by atoms with van der Waals surface area (Å²) in [6.07, 6.45) is 2.70. The number of sulfonamides is 1. The average Bonchev–Trinajstić information content (AvgIpc) is 2.39. The summed E-state index contributed by atoms with van der Waals surface area (Å²) in [6.45, 7) is 9.77. The minimum absolute atomic E-state index is 0.0716. The molecule has 20 heavy (non-hydrogen) atoms. The lowest BCUT2D eigenvalue weighted by Gasteiger charge is -2.23. The predicted octanol–water partition coefficient (Wildman–Crippen LogP) is 2.00. The van der Waals surface area contributed by atoms with E-state index in [1.165, 1.54) is 4.31 Å². The predicted molar refractivity (Wildman–Crippen MR) is 80.9 cm³/mol. The lowest BCUT2D eigenvalue weighted by molar-refractivity contribution is 0.367. The minimum atomic E-state index is -3.49. The van der Waals surface area contributed by atoms with Gasteiger partial charge in [-0.1, -0.05) is 19.9 Å². The fourth-order valence-electron chi connectivity index (χ4n) is 2.01. The molecule has 1 heterocycles. The molecule has 0 amide bonds. The molecule has 0 unspecified atom stereocenters. The molecule has 0 bridgehead atoms. The van der Waals surface area contributed by atoms with Gasteiger partial charge in [-0.3, -0.25) is 0 Å². The summed E-state index contributed by atoms with van der Waals surface area (Å²) >= 11 is 0. The van der Waals surface area contributed by atoms with Crippen molar-refractivity contribution >= 4 is 10.0 Å². The molecule has 114 valence electrons. The Hall–Kier alpha value is -0.980. The van der Waals surface area contributed by atoms with Crippen molar-refractivity contribution in [3.05, 3.63) is 23.9 Å². The van der Waals surface area contributed by atoms with Crippen molar-refractivity contribution in [1.29, 1.82) is 0 Å². The van der Waals surface area contributed by atoms with Crippen molar-refractivity contribution in [3.63, 3.8) is 0 Å². The lowest BCUT2D eigenvalue weighted by Crippen LogP contribution is -2.37. The van der Waals surface area contributed by atoms with Crippen LogP contribution in [0.1, 0.15) is 39.7 Å². The van der Waals surface area contributed by atoms with Gasteiger partial charge in [0, 0.05) is 25.3 Å². The summed E-state index contributed by atoms with van der Waals surface area (Å²) in [5.74, 6) is 0. The third kappa shape index (κ3) is 4.26. The Morgan fingerprint density at radius 3 is 2.45 bits per heavy atom. The maximum absolute atomic E-state index is 12.4. The molecular weight excluding hydrogens is 274 g/mol. The number of hydrogen-bond acceptors (Lipinski definition) is 4. The van der Waals surface area contributed by atoms with Crippen LogP contribution in [-0.4, -0.2) is 36.8 Å². The van der Waals surface area contributed by atoms with Gasteiger partial charge in [0.25, 0.3) is 10.0 Å². The van der Waals surface area contributed by atoms with E-state index in [1.54, 1.807) is 12.3 Å². The smallest absolute Gasteiger partial charge is 0.260 e. The van der Waals surface area contributed by atoms with Crippen LogP contribution in [0.3, 0.4) is 0 Å². The molecular formula is C14H25N3O2S. The zero-order valence-electron chi connectivity index (χ0n) is 12.8. The molecule has 0 aromatic carbocycles. The second kappa shape index (κ2) is 7.71. The number of nitrogens with one attached hydrogen (secondary N) is 1. The Morgan fingerprint density at radius 1 is 1.30 bits per heavy atom. The highest BCUT2D eigenvalue weighted by Crippen LogP contribution is 2.16. The van der Waals surface area contributed by atoms with Crippen LogP contribution in [0.4, 0.5) is 0 Å². The van der Waals surface area contributed by atoms with E-state index in [9.17, 15) is 8.42 Å². The molecule has 0 spiro atoms. The second-order valence-electron chi connectivity index (χ2n) is 4.98. The number of nitrogens with zero attached hydrogens (tertiary/aromatic N) is 2. The molecule has 0 atom stereocenters. The first-order chi connectivity index (χ1) is 9.43. The van der Waals surface area contributed by atoms with E-state index in [2.05, 4.69) is 17.2 Å². The summed E-state index contributed by atoms with van der Waals surface area (Å²) < 4.78 is 26.3. The van der Waals surface area contributed by atoms with Crippen LogP contribution in [0.15, 0.2) is 23.4 Å². The van der Waals surface area contributed by atoms with Crippen LogP contribution >= 0.6 is 0 Å². The molecule has 0 aliphatic carbocycles. The van der Waals surface area contributed by atoms with Gasteiger partial charge in [0.05, 0.1) is 0 Å². The first-order valence-electron chi connectivity index (χ1n) is 7.11. The van der Waals surface area contributed by atoms with E-state index in [-0.39, 0.29) is 11.1 Å². The molecule has 5 nitrogen and oxygen atoms in total. The Kier molecular flexibility index (Phi) is 6.58. The fraction of sp³-hybridized carbons (Fsp3) is 0.643. The zero-order valence-corrected chi connectivity index (χ0v) is 13.6. The highest BCUT2D eigenvalue weighted by Gasteiger charge is 2.26. The Bertz CT molecular complexity index is 498. The number of hydrogen-bond donors (Lipinski definition) is 1. The maximum atomic E-state index is 12.4. The summed E-state index contributed by atoms with van der Waals surface area (Å²) in [5.41, 5.74) is 0.991. The number of aromatic nitrogens is 1. The van der Waals surface area contributed by atoms with Gasteiger partial charge in [-0.15, -0.1) is 0 Å². The van der Waals surface area contributed by atoms with Crippen molar-refractivity contribution in [2.24, 2.45) is 0 Å².